The largest absolute Gasteiger partial charge is 0.340 e. The van der Waals surface area contributed by atoms with E-state index in [1.165, 1.54) is 19.3 Å². The molecule has 3 fully saturated rings. The third-order valence-corrected chi connectivity index (χ3v) is 8.71. The Labute approximate surface area is 201 Å². The highest BCUT2D eigenvalue weighted by molar-refractivity contribution is 6.32. The Bertz CT molecular complexity index is 920. The molecule has 4 atom stereocenters. The van der Waals surface area contributed by atoms with Crippen molar-refractivity contribution in [1.29, 1.82) is 0 Å². The zero-order chi connectivity index (χ0) is 22.2. The second-order valence-corrected chi connectivity index (χ2v) is 10.6. The van der Waals surface area contributed by atoms with E-state index in [9.17, 15) is 4.79 Å². The molecule has 32 heavy (non-hydrogen) atoms. The van der Waals surface area contributed by atoms with E-state index < -0.39 is 0 Å². The third-order valence-electron chi connectivity index (χ3n) is 8.02. The quantitative estimate of drug-likeness (QED) is 0.494. The molecule has 0 radical (unpaired) electrons. The van der Waals surface area contributed by atoms with Crippen LogP contribution in [0.5, 0.6) is 0 Å². The van der Waals surface area contributed by atoms with Gasteiger partial charge in [0, 0.05) is 41.6 Å². The smallest absolute Gasteiger partial charge is 0.219 e. The summed E-state index contributed by atoms with van der Waals surface area (Å²) in [5.74, 6) is 0.834. The van der Waals surface area contributed by atoms with Gasteiger partial charge in [-0.1, -0.05) is 59.6 Å². The molecule has 2 aromatic rings. The maximum atomic E-state index is 12.3. The number of nitrogens with zero attached hydrogens (tertiary/aromatic N) is 2. The summed E-state index contributed by atoms with van der Waals surface area (Å²) >= 11 is 13.5. The Morgan fingerprint density at radius 3 is 1.97 bits per heavy atom. The Morgan fingerprint density at radius 1 is 0.875 bits per heavy atom. The summed E-state index contributed by atoms with van der Waals surface area (Å²) in [4.78, 5) is 17.2. The molecule has 170 valence electrons. The molecule has 0 N–H and O–H groups in total. The summed E-state index contributed by atoms with van der Waals surface area (Å²) < 4.78 is 0. The van der Waals surface area contributed by atoms with Gasteiger partial charge in [-0.05, 0) is 74.1 Å². The fraction of sp³-hybridized carbons (Fsp3) is 0.519. The maximum absolute atomic E-state index is 12.3. The van der Waals surface area contributed by atoms with Crippen molar-refractivity contribution in [2.75, 3.05) is 6.54 Å². The number of halogens is 2. The molecule has 3 heterocycles. The van der Waals surface area contributed by atoms with Crippen LogP contribution in [0.4, 0.5) is 0 Å². The van der Waals surface area contributed by atoms with Crippen LogP contribution in [0.2, 0.25) is 10.0 Å². The van der Waals surface area contributed by atoms with Crippen LogP contribution in [0.15, 0.2) is 48.5 Å². The molecule has 0 saturated carbocycles. The number of fused-ring (bicyclic) bond motifs is 2. The van der Waals surface area contributed by atoms with Gasteiger partial charge in [-0.3, -0.25) is 9.69 Å². The van der Waals surface area contributed by atoms with Gasteiger partial charge in [0.25, 0.3) is 0 Å². The molecule has 1 amide bonds. The summed E-state index contributed by atoms with van der Waals surface area (Å²) in [6, 6.07) is 17.9. The van der Waals surface area contributed by atoms with Gasteiger partial charge < -0.3 is 4.90 Å². The Morgan fingerprint density at radius 2 is 1.44 bits per heavy atom. The first kappa shape index (κ1) is 22.3. The highest BCUT2D eigenvalue weighted by atomic mass is 35.5. The van der Waals surface area contributed by atoms with E-state index in [2.05, 4.69) is 34.1 Å². The lowest BCUT2D eigenvalue weighted by atomic mass is 9.79. The summed E-state index contributed by atoms with van der Waals surface area (Å²) in [5.41, 5.74) is 2.28. The van der Waals surface area contributed by atoms with Crippen molar-refractivity contribution in [2.24, 2.45) is 5.92 Å². The fourth-order valence-electron chi connectivity index (χ4n) is 6.71. The maximum Gasteiger partial charge on any atom is 0.219 e. The van der Waals surface area contributed by atoms with Crippen LogP contribution in [0.3, 0.4) is 0 Å². The molecule has 5 heteroatoms. The fourth-order valence-corrected chi connectivity index (χ4v) is 7.19. The molecule has 0 spiro atoms. The summed E-state index contributed by atoms with van der Waals surface area (Å²) in [6.45, 7) is 2.67. The molecule has 2 unspecified atom stereocenters. The van der Waals surface area contributed by atoms with Gasteiger partial charge in [0.15, 0.2) is 0 Å². The van der Waals surface area contributed by atoms with Gasteiger partial charge in [-0.2, -0.15) is 0 Å². The SMILES string of the molecule is CC(=O)N1CCCCC1C1C[C@H]2CC[C@@H](C1)N2C(c1ccccc1Cl)c1ccccc1Cl. The Kier molecular flexibility index (Phi) is 6.51. The molecule has 3 nitrogen and oxygen atoms in total. The Balaban J connectivity index is 1.48. The van der Waals surface area contributed by atoms with Gasteiger partial charge >= 0.3 is 0 Å². The number of likely N-dealkylation sites (tertiary alicyclic amines) is 1. The van der Waals surface area contributed by atoms with Crippen LogP contribution in [-0.4, -0.2) is 40.4 Å². The summed E-state index contributed by atoms with van der Waals surface area (Å²) in [6.07, 6.45) is 8.25. The monoisotopic (exact) mass is 470 g/mol. The van der Waals surface area contributed by atoms with Crippen molar-refractivity contribution < 1.29 is 4.79 Å². The van der Waals surface area contributed by atoms with Crippen LogP contribution < -0.4 is 0 Å². The van der Waals surface area contributed by atoms with Crippen LogP contribution in [0, 0.1) is 5.92 Å². The lowest BCUT2D eigenvalue weighted by molar-refractivity contribution is -0.134. The van der Waals surface area contributed by atoms with Gasteiger partial charge in [0.05, 0.1) is 6.04 Å². The topological polar surface area (TPSA) is 23.6 Å². The van der Waals surface area contributed by atoms with E-state index in [1.54, 1.807) is 6.92 Å². The number of amides is 1. The lowest BCUT2D eigenvalue weighted by Gasteiger charge is -2.49. The predicted molar refractivity (Wildman–Crippen MR) is 131 cm³/mol. The van der Waals surface area contributed by atoms with E-state index in [-0.39, 0.29) is 11.9 Å². The van der Waals surface area contributed by atoms with Crippen molar-refractivity contribution in [3.05, 3.63) is 69.7 Å². The van der Waals surface area contributed by atoms with Gasteiger partial charge in [-0.15, -0.1) is 0 Å². The van der Waals surface area contributed by atoms with Crippen LogP contribution in [0.25, 0.3) is 0 Å². The molecule has 2 bridgehead atoms. The van der Waals surface area contributed by atoms with Crippen molar-refractivity contribution >= 4 is 29.1 Å². The van der Waals surface area contributed by atoms with Gasteiger partial charge in [0.1, 0.15) is 0 Å². The lowest BCUT2D eigenvalue weighted by Crippen LogP contribution is -2.53. The average Bonchev–Trinajstić information content (AvgIpc) is 3.04. The summed E-state index contributed by atoms with van der Waals surface area (Å²) in [5, 5.41) is 1.60. The molecular weight excluding hydrogens is 439 g/mol. The third kappa shape index (κ3) is 4.08. The highest BCUT2D eigenvalue weighted by Crippen LogP contribution is 2.49. The minimum absolute atomic E-state index is 0.0612. The number of hydrogen-bond donors (Lipinski definition) is 0. The molecule has 0 aliphatic carbocycles. The van der Waals surface area contributed by atoms with Gasteiger partial charge in [0.2, 0.25) is 5.91 Å². The van der Waals surface area contributed by atoms with E-state index in [0.717, 1.165) is 53.4 Å². The van der Waals surface area contributed by atoms with Crippen LogP contribution in [0.1, 0.15) is 69.0 Å². The van der Waals surface area contributed by atoms with Crippen LogP contribution >= 0.6 is 23.2 Å². The first-order valence-electron chi connectivity index (χ1n) is 12.1. The summed E-state index contributed by atoms with van der Waals surface area (Å²) in [7, 11) is 0. The average molecular weight is 471 g/mol. The second-order valence-electron chi connectivity index (χ2n) is 9.78. The first-order valence-corrected chi connectivity index (χ1v) is 12.8. The molecule has 5 rings (SSSR count). The number of benzene rings is 2. The molecule has 3 saturated heterocycles. The number of carbonyl (C=O) groups excluding carboxylic acids is 1. The van der Waals surface area contributed by atoms with E-state index in [4.69, 9.17) is 23.2 Å². The minimum atomic E-state index is 0.0612. The van der Waals surface area contributed by atoms with Crippen molar-refractivity contribution in [3.63, 3.8) is 0 Å². The zero-order valence-electron chi connectivity index (χ0n) is 18.7. The minimum Gasteiger partial charge on any atom is -0.340 e. The number of rotatable bonds is 4. The van der Waals surface area contributed by atoms with E-state index in [0.29, 0.717) is 24.0 Å². The van der Waals surface area contributed by atoms with Crippen molar-refractivity contribution in [3.8, 4) is 0 Å². The molecule has 3 aliphatic rings. The zero-order valence-corrected chi connectivity index (χ0v) is 20.2. The van der Waals surface area contributed by atoms with Crippen molar-refractivity contribution in [1.82, 2.24) is 9.80 Å². The second kappa shape index (κ2) is 9.37. The molecule has 0 aromatic heterocycles. The molecular formula is C27H32Cl2N2O. The van der Waals surface area contributed by atoms with E-state index >= 15 is 0 Å². The first-order chi connectivity index (χ1) is 15.5. The molecule has 2 aromatic carbocycles. The van der Waals surface area contributed by atoms with Crippen molar-refractivity contribution in [2.45, 2.75) is 76.0 Å². The number of piperidine rings is 2. The standard InChI is InChI=1S/C27H32Cl2N2O/c1-18(32)30-15-7-6-12-26(30)19-16-20-13-14-21(17-19)31(20)27(22-8-2-4-10-24(22)28)23-9-3-5-11-25(23)29/h2-5,8-11,19-21,26-27H,6-7,12-17H2,1H3/t19?,20-,21+,26?. The number of carbonyl (C=O) groups is 1. The van der Waals surface area contributed by atoms with Gasteiger partial charge in [-0.25, -0.2) is 0 Å². The Hall–Kier alpha value is -1.55. The highest BCUT2D eigenvalue weighted by Gasteiger charge is 2.48. The van der Waals surface area contributed by atoms with Crippen LogP contribution in [-0.2, 0) is 4.79 Å². The number of hydrogen-bond acceptors (Lipinski definition) is 2. The molecule has 3 aliphatic heterocycles. The van der Waals surface area contributed by atoms with E-state index in [1.807, 2.05) is 24.3 Å². The predicted octanol–water partition coefficient (Wildman–Crippen LogP) is 6.73. The normalized spacial score (nSPS) is 28.3.